The molecule has 24 heavy (non-hydrogen) atoms. The van der Waals surface area contributed by atoms with Gasteiger partial charge >= 0.3 is 0 Å². The summed E-state index contributed by atoms with van der Waals surface area (Å²) in [6.07, 6.45) is 0.984. The van der Waals surface area contributed by atoms with E-state index in [1.54, 1.807) is 19.1 Å². The summed E-state index contributed by atoms with van der Waals surface area (Å²) in [5.41, 5.74) is 1.34. The molecule has 1 aromatic heterocycles. The Hall–Kier alpha value is -2.25. The molecule has 1 aliphatic heterocycles. The minimum Gasteiger partial charge on any atom is -0.375 e. The van der Waals surface area contributed by atoms with Crippen LogP contribution in [0.25, 0.3) is 11.4 Å². The van der Waals surface area contributed by atoms with Gasteiger partial charge in [-0.25, -0.2) is 0 Å². The lowest BCUT2D eigenvalue weighted by Gasteiger charge is -2.30. The second-order valence-corrected chi connectivity index (χ2v) is 6.02. The number of amides is 1. The first-order valence-corrected chi connectivity index (χ1v) is 8.11. The number of hydrogen-bond acceptors (Lipinski definition) is 6. The molecule has 128 valence electrons. The molecule has 1 fully saturated rings. The molecular formula is C17H22N4O3. The van der Waals surface area contributed by atoms with Crippen LogP contribution in [0.4, 0.5) is 0 Å². The zero-order valence-corrected chi connectivity index (χ0v) is 14.0. The molecule has 7 nitrogen and oxygen atoms in total. The first kappa shape index (κ1) is 16.6. The minimum atomic E-state index is -0.110. The fourth-order valence-corrected chi connectivity index (χ4v) is 2.71. The molecule has 2 aromatic rings. The maximum Gasteiger partial charge on any atom is 0.251 e. The van der Waals surface area contributed by atoms with E-state index in [4.69, 9.17) is 9.26 Å². The predicted octanol–water partition coefficient (Wildman–Crippen LogP) is 1.50. The summed E-state index contributed by atoms with van der Waals surface area (Å²) in [5, 5.41) is 6.82. The number of likely N-dealkylation sites (N-methyl/N-ethyl adjacent to an activating group) is 1. The molecule has 1 aliphatic rings. The van der Waals surface area contributed by atoms with Gasteiger partial charge in [-0.05, 0) is 25.6 Å². The summed E-state index contributed by atoms with van der Waals surface area (Å²) in [6, 6.07) is 7.21. The molecule has 0 bridgehead atoms. The highest BCUT2D eigenvalue weighted by Gasteiger charge is 2.17. The van der Waals surface area contributed by atoms with Crippen LogP contribution < -0.4 is 5.32 Å². The lowest BCUT2D eigenvalue weighted by Crippen LogP contribution is -2.41. The number of ether oxygens (including phenoxy) is 1. The van der Waals surface area contributed by atoms with Gasteiger partial charge in [0.25, 0.3) is 5.91 Å². The standard InChI is InChI=1S/C17H22N4O3/c1-12-19-16(20-24-12)13-4-3-5-14(10-13)17(22)18-7-6-15-11-21(2)8-9-23-15/h3-5,10,15H,6-9,11H2,1-2H3,(H,18,22). The van der Waals surface area contributed by atoms with E-state index in [1.165, 1.54) is 0 Å². The summed E-state index contributed by atoms with van der Waals surface area (Å²) >= 11 is 0. The highest BCUT2D eigenvalue weighted by Crippen LogP contribution is 2.17. The zero-order valence-electron chi connectivity index (χ0n) is 14.0. The van der Waals surface area contributed by atoms with Crippen molar-refractivity contribution in [3.05, 3.63) is 35.7 Å². The number of rotatable bonds is 5. The van der Waals surface area contributed by atoms with Gasteiger partial charge in [-0.3, -0.25) is 4.79 Å². The van der Waals surface area contributed by atoms with Crippen molar-refractivity contribution in [1.82, 2.24) is 20.4 Å². The molecule has 0 radical (unpaired) electrons. The number of carbonyl (C=O) groups excluding carboxylic acids is 1. The largest absolute Gasteiger partial charge is 0.375 e. The van der Waals surface area contributed by atoms with Crippen molar-refractivity contribution in [2.45, 2.75) is 19.4 Å². The maximum atomic E-state index is 12.3. The van der Waals surface area contributed by atoms with Crippen molar-refractivity contribution < 1.29 is 14.1 Å². The van der Waals surface area contributed by atoms with Crippen LogP contribution >= 0.6 is 0 Å². The van der Waals surface area contributed by atoms with E-state index < -0.39 is 0 Å². The van der Waals surface area contributed by atoms with Gasteiger partial charge in [-0.15, -0.1) is 0 Å². The molecule has 1 N–H and O–H groups in total. The van der Waals surface area contributed by atoms with Gasteiger partial charge in [-0.2, -0.15) is 4.98 Å². The van der Waals surface area contributed by atoms with Gasteiger partial charge in [-0.1, -0.05) is 17.3 Å². The first-order valence-electron chi connectivity index (χ1n) is 8.11. The Labute approximate surface area is 141 Å². The lowest BCUT2D eigenvalue weighted by atomic mass is 10.1. The molecule has 0 spiro atoms. The topological polar surface area (TPSA) is 80.5 Å². The van der Waals surface area contributed by atoms with Crippen molar-refractivity contribution >= 4 is 5.91 Å². The van der Waals surface area contributed by atoms with Crippen LogP contribution in [0.3, 0.4) is 0 Å². The summed E-state index contributed by atoms with van der Waals surface area (Å²) in [7, 11) is 2.08. The van der Waals surface area contributed by atoms with Crippen molar-refractivity contribution in [2.24, 2.45) is 0 Å². The van der Waals surface area contributed by atoms with Gasteiger partial charge < -0.3 is 19.5 Å². The van der Waals surface area contributed by atoms with E-state index in [9.17, 15) is 4.79 Å². The summed E-state index contributed by atoms with van der Waals surface area (Å²) in [5.74, 6) is 0.874. The zero-order chi connectivity index (χ0) is 16.9. The van der Waals surface area contributed by atoms with E-state index in [0.29, 0.717) is 23.8 Å². The predicted molar refractivity (Wildman–Crippen MR) is 88.7 cm³/mol. The molecule has 1 amide bonds. The molecule has 0 saturated carbocycles. The van der Waals surface area contributed by atoms with Crippen molar-refractivity contribution in [3.8, 4) is 11.4 Å². The van der Waals surface area contributed by atoms with Gasteiger partial charge in [0, 0.05) is 37.7 Å². The molecular weight excluding hydrogens is 308 g/mol. The van der Waals surface area contributed by atoms with Crippen LogP contribution in [0.1, 0.15) is 22.7 Å². The number of hydrogen-bond donors (Lipinski definition) is 1. The number of aromatic nitrogens is 2. The van der Waals surface area contributed by atoms with E-state index in [1.807, 2.05) is 12.1 Å². The highest BCUT2D eigenvalue weighted by atomic mass is 16.5. The molecule has 1 atom stereocenters. The third kappa shape index (κ3) is 4.18. The van der Waals surface area contributed by atoms with Crippen LogP contribution in [-0.4, -0.2) is 60.3 Å². The molecule has 3 rings (SSSR count). The Balaban J connectivity index is 1.55. The first-order chi connectivity index (χ1) is 11.6. The van der Waals surface area contributed by atoms with Gasteiger partial charge in [0.05, 0.1) is 12.7 Å². The number of nitrogens with one attached hydrogen (secondary N) is 1. The van der Waals surface area contributed by atoms with Crippen LogP contribution in [-0.2, 0) is 4.74 Å². The minimum absolute atomic E-state index is 0.110. The highest BCUT2D eigenvalue weighted by molar-refractivity contribution is 5.95. The van der Waals surface area contributed by atoms with Crippen LogP contribution in [0.2, 0.25) is 0 Å². The van der Waals surface area contributed by atoms with Crippen molar-refractivity contribution in [3.63, 3.8) is 0 Å². The Kier molecular flexibility index (Phi) is 5.22. The lowest BCUT2D eigenvalue weighted by molar-refractivity contribution is -0.0226. The number of nitrogens with zero attached hydrogens (tertiary/aromatic N) is 3. The normalized spacial score (nSPS) is 18.5. The Morgan fingerprint density at radius 1 is 1.46 bits per heavy atom. The average molecular weight is 330 g/mol. The summed E-state index contributed by atoms with van der Waals surface area (Å²) in [6.45, 7) is 4.94. The van der Waals surface area contributed by atoms with Gasteiger partial charge in [0.15, 0.2) is 0 Å². The molecule has 1 saturated heterocycles. The average Bonchev–Trinajstić information content (AvgIpc) is 3.01. The van der Waals surface area contributed by atoms with E-state index in [2.05, 4.69) is 27.4 Å². The summed E-state index contributed by atoms with van der Waals surface area (Å²) < 4.78 is 10.7. The third-order valence-electron chi connectivity index (χ3n) is 4.00. The Bertz CT molecular complexity index is 701. The Morgan fingerprint density at radius 2 is 2.33 bits per heavy atom. The fourth-order valence-electron chi connectivity index (χ4n) is 2.71. The summed E-state index contributed by atoms with van der Waals surface area (Å²) in [4.78, 5) is 18.7. The Morgan fingerprint density at radius 3 is 3.08 bits per heavy atom. The monoisotopic (exact) mass is 330 g/mol. The van der Waals surface area contributed by atoms with Crippen LogP contribution in [0, 0.1) is 6.92 Å². The van der Waals surface area contributed by atoms with Crippen LogP contribution in [0.15, 0.2) is 28.8 Å². The maximum absolute atomic E-state index is 12.3. The van der Waals surface area contributed by atoms with E-state index in [0.717, 1.165) is 31.7 Å². The molecule has 1 unspecified atom stereocenters. The fraction of sp³-hybridized carbons (Fsp3) is 0.471. The molecule has 7 heteroatoms. The number of aryl methyl sites for hydroxylation is 1. The molecule has 2 heterocycles. The molecule has 0 aliphatic carbocycles. The number of benzene rings is 1. The molecule has 1 aromatic carbocycles. The van der Waals surface area contributed by atoms with Crippen molar-refractivity contribution in [2.75, 3.05) is 33.3 Å². The van der Waals surface area contributed by atoms with E-state index >= 15 is 0 Å². The SMILES string of the molecule is Cc1nc(-c2cccc(C(=O)NCCC3CN(C)CCO3)c2)no1. The second kappa shape index (κ2) is 7.55. The second-order valence-electron chi connectivity index (χ2n) is 6.02. The van der Waals surface area contributed by atoms with Crippen molar-refractivity contribution in [1.29, 1.82) is 0 Å². The van der Waals surface area contributed by atoms with Crippen LogP contribution in [0.5, 0.6) is 0 Å². The number of morpholine rings is 1. The number of carbonyl (C=O) groups is 1. The van der Waals surface area contributed by atoms with E-state index in [-0.39, 0.29) is 12.0 Å². The smallest absolute Gasteiger partial charge is 0.251 e. The van der Waals surface area contributed by atoms with Gasteiger partial charge in [0.2, 0.25) is 11.7 Å². The quantitative estimate of drug-likeness (QED) is 0.895. The van der Waals surface area contributed by atoms with Gasteiger partial charge in [0.1, 0.15) is 0 Å². The third-order valence-corrected chi connectivity index (χ3v) is 4.00.